The van der Waals surface area contributed by atoms with Crippen molar-refractivity contribution in [3.8, 4) is 5.75 Å². The Balaban J connectivity index is 1.96. The largest absolute Gasteiger partial charge is 0.505 e. The van der Waals surface area contributed by atoms with Crippen LogP contribution in [-0.2, 0) is 41.7 Å². The first kappa shape index (κ1) is 27.7. The molecule has 0 bridgehead atoms. The summed E-state index contributed by atoms with van der Waals surface area (Å²) in [7, 11) is 0. The topological polar surface area (TPSA) is 153 Å². The number of benzene rings is 2. The molecule has 1 fully saturated rings. The van der Waals surface area contributed by atoms with Crippen LogP contribution in [0.2, 0.25) is 0 Å². The first-order valence-electron chi connectivity index (χ1n) is 12.2. The first-order valence-corrected chi connectivity index (χ1v) is 12.2. The van der Waals surface area contributed by atoms with Crippen molar-refractivity contribution >= 4 is 34.8 Å². The summed E-state index contributed by atoms with van der Waals surface area (Å²) in [5.41, 5.74) is 6.93. The molecular formula is C28H32N2O7. The Morgan fingerprint density at radius 2 is 1.70 bits per heavy atom. The molecule has 196 valence electrons. The summed E-state index contributed by atoms with van der Waals surface area (Å²) in [5, 5.41) is 13.0. The number of anilines is 1. The van der Waals surface area contributed by atoms with E-state index in [1.807, 2.05) is 0 Å². The second kappa shape index (κ2) is 11.9. The van der Waals surface area contributed by atoms with E-state index in [1.54, 1.807) is 56.3 Å². The van der Waals surface area contributed by atoms with E-state index in [-0.39, 0.29) is 24.4 Å². The molecule has 2 aromatic rings. The van der Waals surface area contributed by atoms with Gasteiger partial charge >= 0.3 is 5.97 Å². The Kier molecular flexibility index (Phi) is 8.94. The lowest BCUT2D eigenvalue weighted by molar-refractivity contribution is -0.163. The number of phenolic OH excluding ortho intramolecular Hbond substituents is 1. The predicted molar refractivity (Wildman–Crippen MR) is 135 cm³/mol. The van der Waals surface area contributed by atoms with Gasteiger partial charge in [-0.05, 0) is 18.1 Å². The Morgan fingerprint density at radius 1 is 1.03 bits per heavy atom. The van der Waals surface area contributed by atoms with Crippen LogP contribution in [0.25, 0.3) is 0 Å². The molecule has 3 rings (SSSR count). The Bertz CT molecular complexity index is 1190. The fourth-order valence-corrected chi connectivity index (χ4v) is 4.31. The number of phenols is 1. The summed E-state index contributed by atoms with van der Waals surface area (Å²) >= 11 is 0. The number of carbonyl (C=O) groups is 5. The average Bonchev–Trinajstić information content (AvgIpc) is 2.90. The highest BCUT2D eigenvalue weighted by Gasteiger charge is 2.46. The van der Waals surface area contributed by atoms with Crippen LogP contribution < -0.4 is 11.1 Å². The Hall–Kier alpha value is -3.85. The van der Waals surface area contributed by atoms with Crippen LogP contribution in [0.1, 0.15) is 38.3 Å². The molecule has 0 saturated heterocycles. The molecule has 1 saturated carbocycles. The SMILES string of the molecule is CC(C)C(=O)O[C@@H]1[C@H](C)C(=O)C(=O)[C@@H](NCc2cccc(N)c2O)CC(=O)C(=O)[C@@H]1Cc1ccccc1. The van der Waals surface area contributed by atoms with Crippen molar-refractivity contribution in [1.29, 1.82) is 0 Å². The van der Waals surface area contributed by atoms with E-state index in [0.29, 0.717) is 5.56 Å². The summed E-state index contributed by atoms with van der Waals surface area (Å²) in [6.07, 6.45) is -1.78. The number of carbonyl (C=O) groups excluding carboxylic acids is 5. The van der Waals surface area contributed by atoms with Gasteiger partial charge in [0.2, 0.25) is 23.1 Å². The molecule has 0 unspecified atom stereocenters. The van der Waals surface area contributed by atoms with E-state index >= 15 is 0 Å². The lowest BCUT2D eigenvalue weighted by atomic mass is 9.81. The highest BCUT2D eigenvalue weighted by atomic mass is 16.5. The normalized spacial score (nSPS) is 22.9. The Labute approximate surface area is 215 Å². The minimum atomic E-state index is -1.30. The van der Waals surface area contributed by atoms with Crippen molar-refractivity contribution in [2.24, 2.45) is 17.8 Å². The molecule has 0 spiro atoms. The summed E-state index contributed by atoms with van der Waals surface area (Å²) in [5.74, 6) is -7.08. The average molecular weight is 509 g/mol. The fourth-order valence-electron chi connectivity index (χ4n) is 4.31. The van der Waals surface area contributed by atoms with Crippen molar-refractivity contribution in [2.45, 2.75) is 52.3 Å². The van der Waals surface area contributed by atoms with Gasteiger partial charge in [0.25, 0.3) is 0 Å². The second-order valence-corrected chi connectivity index (χ2v) is 9.65. The van der Waals surface area contributed by atoms with Gasteiger partial charge < -0.3 is 20.9 Å². The molecule has 1 aliphatic carbocycles. The maximum absolute atomic E-state index is 13.4. The monoisotopic (exact) mass is 508 g/mol. The van der Waals surface area contributed by atoms with Crippen LogP contribution in [0.3, 0.4) is 0 Å². The summed E-state index contributed by atoms with van der Waals surface area (Å²) in [6, 6.07) is 12.3. The van der Waals surface area contributed by atoms with E-state index in [4.69, 9.17) is 10.5 Å². The molecule has 37 heavy (non-hydrogen) atoms. The number of hydrogen-bond donors (Lipinski definition) is 3. The molecule has 1 aliphatic rings. The number of rotatable bonds is 7. The minimum Gasteiger partial charge on any atom is -0.505 e. The lowest BCUT2D eigenvalue weighted by Crippen LogP contribution is -2.46. The van der Waals surface area contributed by atoms with Gasteiger partial charge in [0.15, 0.2) is 0 Å². The van der Waals surface area contributed by atoms with Crippen molar-refractivity contribution in [3.63, 3.8) is 0 Å². The number of nitrogens with two attached hydrogens (primary N) is 1. The quantitative estimate of drug-likeness (QED) is 0.221. The molecule has 0 heterocycles. The van der Waals surface area contributed by atoms with E-state index in [1.165, 1.54) is 13.0 Å². The number of nitrogen functional groups attached to an aromatic ring is 1. The van der Waals surface area contributed by atoms with Crippen molar-refractivity contribution < 1.29 is 33.8 Å². The number of aromatic hydroxyl groups is 1. The van der Waals surface area contributed by atoms with Crippen LogP contribution in [0, 0.1) is 17.8 Å². The van der Waals surface area contributed by atoms with Crippen LogP contribution in [0.15, 0.2) is 48.5 Å². The van der Waals surface area contributed by atoms with Crippen molar-refractivity contribution in [2.75, 3.05) is 5.73 Å². The third kappa shape index (κ3) is 6.48. The Morgan fingerprint density at radius 3 is 2.35 bits per heavy atom. The van der Waals surface area contributed by atoms with Crippen molar-refractivity contribution in [1.82, 2.24) is 5.32 Å². The van der Waals surface area contributed by atoms with Gasteiger partial charge in [-0.2, -0.15) is 0 Å². The van der Waals surface area contributed by atoms with Crippen LogP contribution >= 0.6 is 0 Å². The zero-order valence-electron chi connectivity index (χ0n) is 21.1. The highest BCUT2D eigenvalue weighted by Crippen LogP contribution is 2.28. The van der Waals surface area contributed by atoms with E-state index in [9.17, 15) is 29.1 Å². The molecule has 0 radical (unpaired) electrons. The van der Waals surface area contributed by atoms with E-state index in [0.717, 1.165) is 5.56 Å². The maximum atomic E-state index is 13.4. The number of hydrogen-bond acceptors (Lipinski definition) is 9. The van der Waals surface area contributed by atoms with Crippen LogP contribution in [-0.4, -0.2) is 46.4 Å². The zero-order chi connectivity index (χ0) is 27.3. The molecule has 9 heteroatoms. The molecule has 9 nitrogen and oxygen atoms in total. The van der Waals surface area contributed by atoms with E-state index in [2.05, 4.69) is 5.32 Å². The van der Waals surface area contributed by atoms with E-state index < -0.39 is 65.4 Å². The molecule has 4 N–H and O–H groups in total. The lowest BCUT2D eigenvalue weighted by Gasteiger charge is -2.29. The smallest absolute Gasteiger partial charge is 0.308 e. The second-order valence-electron chi connectivity index (χ2n) is 9.65. The maximum Gasteiger partial charge on any atom is 0.308 e. The summed E-state index contributed by atoms with van der Waals surface area (Å²) < 4.78 is 5.62. The van der Waals surface area contributed by atoms with Gasteiger partial charge in [-0.1, -0.05) is 63.2 Å². The van der Waals surface area contributed by atoms with Gasteiger partial charge in [-0.3, -0.25) is 24.0 Å². The fraction of sp³-hybridized carbons (Fsp3) is 0.393. The molecule has 4 atom stereocenters. The van der Waals surface area contributed by atoms with Gasteiger partial charge in [0, 0.05) is 18.5 Å². The van der Waals surface area contributed by atoms with Crippen LogP contribution in [0.5, 0.6) is 5.75 Å². The molecule has 0 aromatic heterocycles. The standard InChI is InChI=1S/C28H32N2O7/c1-15(2)28(36)37-27-16(3)23(32)26(35)21(30-14-18-10-7-11-20(29)24(18)33)13-22(31)25(34)19(27)12-17-8-5-4-6-9-17/h4-11,15-16,19,21,27,30,33H,12-14,29H2,1-3H3/t16-,19+,21+,27-/m1/s1. The van der Waals surface area contributed by atoms with Gasteiger partial charge in [0.05, 0.1) is 29.5 Å². The number of ketones is 4. The van der Waals surface area contributed by atoms with Gasteiger partial charge in [-0.15, -0.1) is 0 Å². The number of ether oxygens (including phenoxy) is 1. The molecular weight excluding hydrogens is 476 g/mol. The molecule has 0 amide bonds. The highest BCUT2D eigenvalue weighted by molar-refractivity contribution is 6.44. The zero-order valence-corrected chi connectivity index (χ0v) is 21.1. The third-order valence-electron chi connectivity index (χ3n) is 6.58. The number of para-hydroxylation sites is 1. The first-order chi connectivity index (χ1) is 17.5. The van der Waals surface area contributed by atoms with Gasteiger partial charge in [0.1, 0.15) is 11.9 Å². The number of esters is 1. The summed E-state index contributed by atoms with van der Waals surface area (Å²) in [4.78, 5) is 65.6. The molecule has 0 aliphatic heterocycles. The minimum absolute atomic E-state index is 0.0581. The molecule has 2 aromatic carbocycles. The summed E-state index contributed by atoms with van der Waals surface area (Å²) in [6.45, 7) is 4.58. The predicted octanol–water partition coefficient (Wildman–Crippen LogP) is 2.18. The third-order valence-corrected chi connectivity index (χ3v) is 6.58. The number of nitrogens with one attached hydrogen (secondary N) is 1. The van der Waals surface area contributed by atoms with Crippen LogP contribution in [0.4, 0.5) is 5.69 Å². The number of Topliss-reactive ketones (excluding diaryl/α,β-unsaturated/α-hetero) is 4. The van der Waals surface area contributed by atoms with Gasteiger partial charge in [-0.25, -0.2) is 0 Å². The van der Waals surface area contributed by atoms with Crippen molar-refractivity contribution in [3.05, 3.63) is 59.7 Å².